The molecule has 2 amide bonds. The van der Waals surface area contributed by atoms with Gasteiger partial charge in [0, 0.05) is 30.7 Å². The van der Waals surface area contributed by atoms with Crippen LogP contribution in [0.3, 0.4) is 0 Å². The van der Waals surface area contributed by atoms with E-state index in [-0.39, 0.29) is 24.1 Å². The van der Waals surface area contributed by atoms with Crippen LogP contribution in [0, 0.1) is 0 Å². The number of hydrogen-bond donors (Lipinski definition) is 2. The molecule has 2 atom stereocenters. The Morgan fingerprint density at radius 2 is 1.69 bits per heavy atom. The predicted molar refractivity (Wildman–Crippen MR) is 128 cm³/mol. The van der Waals surface area contributed by atoms with E-state index in [4.69, 9.17) is 0 Å². The van der Waals surface area contributed by atoms with E-state index in [9.17, 15) is 22.8 Å². The lowest BCUT2D eigenvalue weighted by Crippen LogP contribution is -2.50. The summed E-state index contributed by atoms with van der Waals surface area (Å²) in [5.74, 6) is -0.426. The minimum Gasteiger partial charge on any atom is -0.352 e. The minimum atomic E-state index is -4.53. The molecule has 0 spiro atoms. The number of nitrogens with zero attached hydrogens (tertiary/aromatic N) is 1. The van der Waals surface area contributed by atoms with Gasteiger partial charge in [-0.25, -0.2) is 0 Å². The average molecular weight is 488 g/mol. The Morgan fingerprint density at radius 3 is 2.40 bits per heavy atom. The highest BCUT2D eigenvalue weighted by molar-refractivity contribution is 5.96. The summed E-state index contributed by atoms with van der Waals surface area (Å²) in [4.78, 5) is 27.1. The SMILES string of the molecule is O=C(CNC(=O)c1cccc(C(F)(F)F)c1)NC1CCN(C2CCCC(c3ccccc3)C2)CC1. The van der Waals surface area contributed by atoms with Gasteiger partial charge in [0.05, 0.1) is 12.1 Å². The van der Waals surface area contributed by atoms with Crippen LogP contribution >= 0.6 is 0 Å². The summed E-state index contributed by atoms with van der Waals surface area (Å²) in [6, 6.07) is 15.5. The van der Waals surface area contributed by atoms with Gasteiger partial charge in [-0.1, -0.05) is 42.8 Å². The van der Waals surface area contributed by atoms with Crippen molar-refractivity contribution in [1.29, 1.82) is 0 Å². The Bertz CT molecular complexity index is 1000. The van der Waals surface area contributed by atoms with E-state index < -0.39 is 17.6 Å². The lowest BCUT2D eigenvalue weighted by Gasteiger charge is -2.41. The molecule has 4 rings (SSSR count). The number of amides is 2. The average Bonchev–Trinajstić information content (AvgIpc) is 2.88. The van der Waals surface area contributed by atoms with Crippen molar-refractivity contribution in [3.8, 4) is 0 Å². The summed E-state index contributed by atoms with van der Waals surface area (Å²) in [6.07, 6.45) is 2.01. The molecule has 1 aliphatic carbocycles. The monoisotopic (exact) mass is 487 g/mol. The molecule has 2 unspecified atom stereocenters. The minimum absolute atomic E-state index is 0.0396. The molecule has 1 heterocycles. The van der Waals surface area contributed by atoms with E-state index >= 15 is 0 Å². The van der Waals surface area contributed by atoms with Crippen LogP contribution in [0.25, 0.3) is 0 Å². The summed E-state index contributed by atoms with van der Waals surface area (Å²) >= 11 is 0. The second-order valence-corrected chi connectivity index (χ2v) is 9.57. The van der Waals surface area contributed by atoms with Crippen molar-refractivity contribution in [2.75, 3.05) is 19.6 Å². The smallest absolute Gasteiger partial charge is 0.352 e. The van der Waals surface area contributed by atoms with Gasteiger partial charge in [-0.3, -0.25) is 9.59 Å². The number of benzene rings is 2. The first-order chi connectivity index (χ1) is 16.8. The first kappa shape index (κ1) is 25.2. The van der Waals surface area contributed by atoms with Gasteiger partial charge >= 0.3 is 6.18 Å². The number of carbonyl (C=O) groups is 2. The van der Waals surface area contributed by atoms with Crippen molar-refractivity contribution in [3.05, 3.63) is 71.3 Å². The maximum absolute atomic E-state index is 12.8. The van der Waals surface area contributed by atoms with E-state index in [0.29, 0.717) is 12.0 Å². The van der Waals surface area contributed by atoms with Crippen molar-refractivity contribution in [1.82, 2.24) is 15.5 Å². The van der Waals surface area contributed by atoms with Gasteiger partial charge in [0.2, 0.25) is 5.91 Å². The van der Waals surface area contributed by atoms with Crippen LogP contribution in [-0.2, 0) is 11.0 Å². The molecule has 35 heavy (non-hydrogen) atoms. The maximum Gasteiger partial charge on any atom is 0.416 e. The molecule has 5 nitrogen and oxygen atoms in total. The van der Waals surface area contributed by atoms with Crippen LogP contribution in [0.4, 0.5) is 13.2 Å². The molecular formula is C27H32F3N3O2. The van der Waals surface area contributed by atoms with Crippen molar-refractivity contribution in [2.24, 2.45) is 0 Å². The number of carbonyl (C=O) groups excluding carboxylic acids is 2. The fourth-order valence-corrected chi connectivity index (χ4v) is 5.31. The molecule has 0 bridgehead atoms. The Balaban J connectivity index is 1.20. The number of likely N-dealkylation sites (tertiary alicyclic amines) is 1. The standard InChI is InChI=1S/C27H32F3N3O2/c28-27(29,30)22-10-4-9-21(16-22)26(35)31-18-25(34)32-23-12-14-33(15-13-23)24-11-5-8-20(17-24)19-6-2-1-3-7-19/h1-4,6-7,9-10,16,20,23-24H,5,8,11-15,17-18H2,(H,31,35)(H,32,34). The van der Waals surface area contributed by atoms with E-state index in [1.807, 2.05) is 0 Å². The number of rotatable bonds is 6. The third-order valence-electron chi connectivity index (χ3n) is 7.19. The van der Waals surface area contributed by atoms with Gasteiger partial charge in [-0.05, 0) is 61.8 Å². The summed E-state index contributed by atoms with van der Waals surface area (Å²) in [5, 5.41) is 5.38. The number of nitrogens with one attached hydrogen (secondary N) is 2. The van der Waals surface area contributed by atoms with Gasteiger partial charge in [0.15, 0.2) is 0 Å². The highest BCUT2D eigenvalue weighted by Gasteiger charge is 2.32. The highest BCUT2D eigenvalue weighted by Crippen LogP contribution is 2.36. The third kappa shape index (κ3) is 6.84. The number of halogens is 3. The van der Waals surface area contributed by atoms with E-state index in [2.05, 4.69) is 45.9 Å². The molecule has 2 fully saturated rings. The van der Waals surface area contributed by atoms with Crippen LogP contribution in [0.15, 0.2) is 54.6 Å². The molecule has 0 radical (unpaired) electrons. The molecule has 8 heteroatoms. The fraction of sp³-hybridized carbons (Fsp3) is 0.481. The summed E-state index contributed by atoms with van der Waals surface area (Å²) in [6.45, 7) is 1.58. The number of alkyl halides is 3. The normalized spacial score (nSPS) is 21.9. The Morgan fingerprint density at radius 1 is 0.943 bits per heavy atom. The zero-order valence-corrected chi connectivity index (χ0v) is 19.7. The van der Waals surface area contributed by atoms with Crippen molar-refractivity contribution < 1.29 is 22.8 Å². The second kappa shape index (κ2) is 11.2. The topological polar surface area (TPSA) is 61.4 Å². The van der Waals surface area contributed by atoms with Gasteiger partial charge in [-0.15, -0.1) is 0 Å². The molecule has 2 aromatic rings. The summed E-state index contributed by atoms with van der Waals surface area (Å²) in [7, 11) is 0. The quantitative estimate of drug-likeness (QED) is 0.619. The third-order valence-corrected chi connectivity index (χ3v) is 7.19. The summed E-state index contributed by atoms with van der Waals surface area (Å²) in [5.41, 5.74) is 0.406. The van der Waals surface area contributed by atoms with Crippen LogP contribution in [0.2, 0.25) is 0 Å². The molecule has 2 aromatic carbocycles. The van der Waals surface area contributed by atoms with E-state index in [1.165, 1.54) is 43.4 Å². The molecule has 1 saturated carbocycles. The van der Waals surface area contributed by atoms with Crippen LogP contribution in [0.1, 0.15) is 65.9 Å². The van der Waals surface area contributed by atoms with Gasteiger partial charge in [-0.2, -0.15) is 13.2 Å². The number of hydrogen-bond acceptors (Lipinski definition) is 3. The highest BCUT2D eigenvalue weighted by atomic mass is 19.4. The lowest BCUT2D eigenvalue weighted by atomic mass is 9.80. The zero-order valence-electron chi connectivity index (χ0n) is 19.7. The summed E-state index contributed by atoms with van der Waals surface area (Å²) < 4.78 is 38.5. The van der Waals surface area contributed by atoms with Crippen molar-refractivity contribution >= 4 is 11.8 Å². The Hall–Kier alpha value is -2.87. The fourth-order valence-electron chi connectivity index (χ4n) is 5.31. The van der Waals surface area contributed by atoms with Gasteiger partial charge in [0.1, 0.15) is 0 Å². The van der Waals surface area contributed by atoms with Crippen LogP contribution < -0.4 is 10.6 Å². The molecule has 0 aromatic heterocycles. The lowest BCUT2D eigenvalue weighted by molar-refractivity contribution is -0.137. The van der Waals surface area contributed by atoms with Crippen molar-refractivity contribution in [2.45, 2.75) is 62.7 Å². The van der Waals surface area contributed by atoms with Crippen LogP contribution in [-0.4, -0.2) is 48.4 Å². The van der Waals surface area contributed by atoms with E-state index in [0.717, 1.165) is 38.1 Å². The Kier molecular flexibility index (Phi) is 8.11. The molecule has 2 aliphatic rings. The van der Waals surface area contributed by atoms with Gasteiger partial charge < -0.3 is 15.5 Å². The first-order valence-electron chi connectivity index (χ1n) is 12.3. The molecule has 188 valence electrons. The number of piperidine rings is 1. The second-order valence-electron chi connectivity index (χ2n) is 9.57. The van der Waals surface area contributed by atoms with E-state index in [1.54, 1.807) is 0 Å². The maximum atomic E-state index is 12.8. The van der Waals surface area contributed by atoms with Gasteiger partial charge in [0.25, 0.3) is 5.91 Å². The first-order valence-corrected chi connectivity index (χ1v) is 12.3. The zero-order chi connectivity index (χ0) is 24.8. The largest absolute Gasteiger partial charge is 0.416 e. The predicted octanol–water partition coefficient (Wildman–Crippen LogP) is 4.74. The van der Waals surface area contributed by atoms with Crippen molar-refractivity contribution in [3.63, 3.8) is 0 Å². The molecule has 1 saturated heterocycles. The van der Waals surface area contributed by atoms with Crippen LogP contribution in [0.5, 0.6) is 0 Å². The Labute approximate surface area is 204 Å². The molecule has 1 aliphatic heterocycles. The molecular weight excluding hydrogens is 455 g/mol. The molecule has 2 N–H and O–H groups in total.